The summed E-state index contributed by atoms with van der Waals surface area (Å²) < 4.78 is 14.7. The van der Waals surface area contributed by atoms with Crippen LogP contribution in [0.15, 0.2) is 36.7 Å². The minimum atomic E-state index is -0.997. The van der Waals surface area contributed by atoms with Gasteiger partial charge in [0, 0.05) is 12.4 Å². The monoisotopic (exact) mass is 440 g/mol. The first-order valence-electron chi connectivity index (χ1n) is 8.33. The Labute approximate surface area is 193 Å². The van der Waals surface area contributed by atoms with E-state index in [9.17, 15) is 9.59 Å². The summed E-state index contributed by atoms with van der Waals surface area (Å²) in [5, 5.41) is 10.2. The number of aromatic amines is 2. The van der Waals surface area contributed by atoms with E-state index in [0.29, 0.717) is 28.4 Å². The maximum absolute atomic E-state index is 11.3. The number of pyridine rings is 2. The van der Waals surface area contributed by atoms with Crippen molar-refractivity contribution in [2.75, 3.05) is 21.3 Å². The molecule has 12 nitrogen and oxygen atoms in total. The van der Waals surface area contributed by atoms with Gasteiger partial charge in [0.1, 0.15) is 11.4 Å². The number of esters is 1. The predicted molar refractivity (Wildman–Crippen MR) is 109 cm³/mol. The fourth-order valence-electron chi connectivity index (χ4n) is 2.72. The Morgan fingerprint density at radius 2 is 1.31 bits per heavy atom. The number of hydrogen-bond acceptors (Lipinski definition) is 8. The number of H-pyrrole nitrogens is 2. The molecular formula is C19H21LiN4O8. The number of nitrogens with one attached hydrogen (secondary N) is 2. The predicted octanol–water partition coefficient (Wildman–Crippen LogP) is -1.37. The number of carboxylic acids is 1. The molecule has 0 amide bonds. The van der Waals surface area contributed by atoms with E-state index in [0.717, 1.165) is 10.9 Å². The average Bonchev–Trinajstić information content (AvgIpc) is 3.37. The van der Waals surface area contributed by atoms with Crippen LogP contribution in [0.1, 0.15) is 21.0 Å². The van der Waals surface area contributed by atoms with Gasteiger partial charge in [-0.3, -0.25) is 0 Å². The zero-order valence-electron chi connectivity index (χ0n) is 17.8. The molecule has 0 spiro atoms. The van der Waals surface area contributed by atoms with Gasteiger partial charge < -0.3 is 40.2 Å². The molecule has 4 aromatic heterocycles. The van der Waals surface area contributed by atoms with Crippen LogP contribution in [0.5, 0.6) is 11.8 Å². The van der Waals surface area contributed by atoms with Crippen LogP contribution in [0.3, 0.4) is 0 Å². The van der Waals surface area contributed by atoms with Crippen molar-refractivity contribution in [2.24, 2.45) is 0 Å². The Bertz CT molecular complexity index is 1190. The van der Waals surface area contributed by atoms with E-state index in [1.165, 1.54) is 27.4 Å². The molecule has 166 valence electrons. The van der Waals surface area contributed by atoms with Crippen molar-refractivity contribution in [2.45, 2.75) is 0 Å². The van der Waals surface area contributed by atoms with Crippen molar-refractivity contribution in [1.82, 2.24) is 19.9 Å². The maximum Gasteiger partial charge on any atom is 1.00 e. The zero-order valence-corrected chi connectivity index (χ0v) is 17.8. The van der Waals surface area contributed by atoms with Crippen LogP contribution in [0.2, 0.25) is 0 Å². The first kappa shape index (κ1) is 28.4. The topological polar surface area (TPSA) is 201 Å². The summed E-state index contributed by atoms with van der Waals surface area (Å²) in [7, 11) is 4.37. The summed E-state index contributed by atoms with van der Waals surface area (Å²) in [5.74, 6) is -0.498. The Balaban J connectivity index is 0.000000550. The number of aromatic carboxylic acids is 1. The molecule has 0 aliphatic heterocycles. The first-order valence-corrected chi connectivity index (χ1v) is 8.33. The number of hydrogen-bond donors (Lipinski definition) is 3. The Hall–Kier alpha value is -3.56. The minimum Gasteiger partial charge on any atom is -0.870 e. The van der Waals surface area contributed by atoms with E-state index < -0.39 is 11.9 Å². The molecule has 4 aromatic rings. The fourth-order valence-corrected chi connectivity index (χ4v) is 2.72. The van der Waals surface area contributed by atoms with Gasteiger partial charge in [-0.15, -0.1) is 0 Å². The molecule has 0 aromatic carbocycles. The van der Waals surface area contributed by atoms with Crippen molar-refractivity contribution in [3.05, 3.63) is 48.0 Å². The standard InChI is InChI=1S/C10H10N2O3.C9H8N2O3.Li.2H2O/c1-14-9-6-5-8(10(13)15-2)12-7(6)3-4-11-9;1-14-8-5-4-7(9(12)13)11-6(5)2-3-10-8;;;/h3-5,12H,1-2H3;2-4,11H,1H3,(H,12,13);;2*1H2/q;;+1;;/p-1. The summed E-state index contributed by atoms with van der Waals surface area (Å²) in [4.78, 5) is 35.6. The van der Waals surface area contributed by atoms with E-state index in [4.69, 9.17) is 14.6 Å². The van der Waals surface area contributed by atoms with Gasteiger partial charge in [-0.2, -0.15) is 0 Å². The number of carbonyl (C=O) groups excluding carboxylic acids is 1. The summed E-state index contributed by atoms with van der Waals surface area (Å²) in [5.41, 5.74) is 2.02. The summed E-state index contributed by atoms with van der Waals surface area (Å²) in [6.07, 6.45) is 3.17. The summed E-state index contributed by atoms with van der Waals surface area (Å²) >= 11 is 0. The maximum atomic E-state index is 11.3. The molecule has 4 rings (SSSR count). The van der Waals surface area contributed by atoms with Crippen LogP contribution in [-0.2, 0) is 4.74 Å². The molecule has 32 heavy (non-hydrogen) atoms. The second-order valence-electron chi connectivity index (χ2n) is 5.73. The number of carboxylic acid groups (broad SMARTS) is 1. The fraction of sp³-hybridized carbons (Fsp3) is 0.158. The normalized spacial score (nSPS) is 9.34. The van der Waals surface area contributed by atoms with Crippen LogP contribution in [0.25, 0.3) is 21.8 Å². The van der Waals surface area contributed by atoms with Gasteiger partial charge in [0.15, 0.2) is 0 Å². The van der Waals surface area contributed by atoms with Gasteiger partial charge in [-0.05, 0) is 24.3 Å². The number of rotatable bonds is 4. The van der Waals surface area contributed by atoms with Crippen LogP contribution in [0.4, 0.5) is 0 Å². The van der Waals surface area contributed by atoms with E-state index in [2.05, 4.69) is 24.7 Å². The molecule has 0 bridgehead atoms. The third-order valence-electron chi connectivity index (χ3n) is 4.05. The minimum absolute atomic E-state index is 0. The zero-order chi connectivity index (χ0) is 21.0. The van der Waals surface area contributed by atoms with Crippen molar-refractivity contribution in [1.29, 1.82) is 0 Å². The SMILES string of the molecule is COC(=O)c1cc2c(OC)nccc2[nH]1.COc1nccc2[nH]c(C(=O)O)cc12.O.[Li+].[OH-]. The molecule has 0 atom stereocenters. The molecule has 0 saturated carbocycles. The number of nitrogens with zero attached hydrogens (tertiary/aromatic N) is 2. The van der Waals surface area contributed by atoms with Gasteiger partial charge in [0.05, 0.1) is 43.1 Å². The molecular weight excluding hydrogens is 419 g/mol. The van der Waals surface area contributed by atoms with Crippen LogP contribution < -0.4 is 28.3 Å². The second-order valence-corrected chi connectivity index (χ2v) is 5.73. The van der Waals surface area contributed by atoms with Gasteiger partial charge in [-0.25, -0.2) is 19.6 Å². The molecule has 6 N–H and O–H groups in total. The molecule has 0 aliphatic carbocycles. The number of ether oxygens (including phenoxy) is 3. The smallest absolute Gasteiger partial charge is 0.870 e. The second kappa shape index (κ2) is 12.3. The van der Waals surface area contributed by atoms with E-state index in [-0.39, 0.29) is 35.5 Å². The van der Waals surface area contributed by atoms with Crippen LogP contribution >= 0.6 is 0 Å². The van der Waals surface area contributed by atoms with Gasteiger partial charge in [0.2, 0.25) is 11.8 Å². The molecule has 0 radical (unpaired) electrons. The molecule has 13 heteroatoms. The van der Waals surface area contributed by atoms with Gasteiger partial charge in [-0.1, -0.05) is 0 Å². The average molecular weight is 440 g/mol. The summed E-state index contributed by atoms with van der Waals surface area (Å²) in [6.45, 7) is 0. The molecule has 0 fully saturated rings. The molecule has 0 aliphatic rings. The molecule has 0 unspecified atom stereocenters. The Morgan fingerprint density at radius 3 is 1.72 bits per heavy atom. The Kier molecular flexibility index (Phi) is 11.0. The van der Waals surface area contributed by atoms with Crippen molar-refractivity contribution in [3.8, 4) is 11.8 Å². The number of fused-ring (bicyclic) bond motifs is 2. The van der Waals surface area contributed by atoms with E-state index in [1.807, 2.05) is 0 Å². The van der Waals surface area contributed by atoms with Crippen LogP contribution in [0, 0.1) is 0 Å². The third kappa shape index (κ3) is 5.77. The van der Waals surface area contributed by atoms with Gasteiger partial charge in [0.25, 0.3) is 0 Å². The third-order valence-corrected chi connectivity index (χ3v) is 4.05. The molecule has 4 heterocycles. The quantitative estimate of drug-likeness (QED) is 0.253. The first-order chi connectivity index (χ1) is 14.0. The van der Waals surface area contributed by atoms with Crippen molar-refractivity contribution < 1.29 is 58.7 Å². The molecule has 0 saturated heterocycles. The van der Waals surface area contributed by atoms with Crippen molar-refractivity contribution in [3.63, 3.8) is 0 Å². The summed E-state index contributed by atoms with van der Waals surface area (Å²) in [6, 6.07) is 6.63. The van der Waals surface area contributed by atoms with E-state index in [1.54, 1.807) is 30.6 Å². The number of carbonyl (C=O) groups is 2. The van der Waals surface area contributed by atoms with Crippen molar-refractivity contribution >= 4 is 33.7 Å². The Morgan fingerprint density at radius 1 is 0.875 bits per heavy atom. The van der Waals surface area contributed by atoms with Gasteiger partial charge >= 0.3 is 30.8 Å². The largest absolute Gasteiger partial charge is 1.00 e. The van der Waals surface area contributed by atoms with E-state index >= 15 is 0 Å². The number of aromatic nitrogens is 4. The van der Waals surface area contributed by atoms with Crippen LogP contribution in [-0.4, -0.2) is 69.3 Å². The number of methoxy groups -OCH3 is 3.